The number of hydrogen-bond acceptors (Lipinski definition) is 1. The zero-order valence-electron chi connectivity index (χ0n) is 9.45. The second-order valence-corrected chi connectivity index (χ2v) is 4.51. The molecule has 0 bridgehead atoms. The lowest BCUT2D eigenvalue weighted by Crippen LogP contribution is -2.00. The molecule has 0 amide bonds. The molecule has 0 aliphatic heterocycles. The molecule has 94 valence electrons. The molecule has 2 aromatic rings. The molecule has 1 aromatic carbocycles. The summed E-state index contributed by atoms with van der Waals surface area (Å²) in [5, 5.41) is -0.241. The van der Waals surface area contributed by atoms with Gasteiger partial charge in [-0.25, -0.2) is 13.2 Å². The first kappa shape index (κ1) is 11.3. The highest BCUT2D eigenvalue weighted by molar-refractivity contribution is 6.09. The Labute approximate surface area is 101 Å². The van der Waals surface area contributed by atoms with E-state index in [0.717, 1.165) is 6.42 Å². The quantitative estimate of drug-likeness (QED) is 0.565. The first-order valence-corrected chi connectivity index (χ1v) is 5.81. The van der Waals surface area contributed by atoms with Crippen LogP contribution in [-0.2, 0) is 6.42 Å². The summed E-state index contributed by atoms with van der Waals surface area (Å²) >= 11 is 0. The lowest BCUT2D eigenvalue weighted by molar-refractivity contribution is 0.0983. The number of aromatic nitrogens is 1. The Bertz CT molecular complexity index is 660. The summed E-state index contributed by atoms with van der Waals surface area (Å²) in [7, 11) is 0. The minimum absolute atomic E-state index is 0.117. The predicted molar refractivity (Wildman–Crippen MR) is 60.1 cm³/mol. The summed E-state index contributed by atoms with van der Waals surface area (Å²) in [5.41, 5.74) is 0.517. The number of carbonyl (C=O) groups excluding carboxylic acids is 1. The van der Waals surface area contributed by atoms with Gasteiger partial charge >= 0.3 is 0 Å². The van der Waals surface area contributed by atoms with E-state index in [1.807, 2.05) is 0 Å². The summed E-state index contributed by atoms with van der Waals surface area (Å²) in [6.45, 7) is 0. The van der Waals surface area contributed by atoms with Crippen molar-refractivity contribution >= 4 is 16.7 Å². The van der Waals surface area contributed by atoms with Crippen LogP contribution in [0, 0.1) is 17.5 Å². The topological polar surface area (TPSA) is 32.9 Å². The van der Waals surface area contributed by atoms with Gasteiger partial charge < -0.3 is 4.98 Å². The van der Waals surface area contributed by atoms with Crippen molar-refractivity contribution in [2.45, 2.75) is 25.7 Å². The predicted octanol–water partition coefficient (Wildman–Crippen LogP) is 3.49. The van der Waals surface area contributed by atoms with Crippen molar-refractivity contribution in [1.29, 1.82) is 0 Å². The van der Waals surface area contributed by atoms with Gasteiger partial charge in [0.15, 0.2) is 17.4 Å². The van der Waals surface area contributed by atoms with Gasteiger partial charge in [-0.2, -0.15) is 0 Å². The fourth-order valence-electron chi connectivity index (χ4n) is 2.52. The van der Waals surface area contributed by atoms with Crippen LogP contribution in [-0.4, -0.2) is 10.8 Å². The molecule has 0 unspecified atom stereocenters. The molecule has 0 spiro atoms. The smallest absolute Gasteiger partial charge is 0.169 e. The molecule has 0 saturated carbocycles. The Morgan fingerprint density at radius 3 is 2.56 bits per heavy atom. The van der Waals surface area contributed by atoms with Gasteiger partial charge in [0.05, 0.1) is 10.9 Å². The van der Waals surface area contributed by atoms with E-state index in [1.54, 1.807) is 0 Å². The van der Waals surface area contributed by atoms with Crippen LogP contribution in [0.2, 0.25) is 0 Å². The number of halogens is 3. The molecule has 0 atom stereocenters. The van der Waals surface area contributed by atoms with Gasteiger partial charge in [-0.15, -0.1) is 0 Å². The van der Waals surface area contributed by atoms with Crippen molar-refractivity contribution in [2.75, 3.05) is 0 Å². The molecule has 1 aliphatic rings. The Kier molecular flexibility index (Phi) is 2.43. The van der Waals surface area contributed by atoms with Crippen LogP contribution in [0.25, 0.3) is 10.9 Å². The van der Waals surface area contributed by atoms with Crippen molar-refractivity contribution in [3.05, 3.63) is 34.8 Å². The SMILES string of the molecule is O=C1CCCCc2[nH]c3c(F)cc(F)c(F)c3c21. The number of nitrogens with one attached hydrogen (secondary N) is 1. The van der Waals surface area contributed by atoms with E-state index in [4.69, 9.17) is 0 Å². The number of fused-ring (bicyclic) bond motifs is 3. The molecular formula is C13H10F3NO. The number of benzene rings is 1. The largest absolute Gasteiger partial charge is 0.355 e. The van der Waals surface area contributed by atoms with Gasteiger partial charge in [0.1, 0.15) is 5.82 Å². The molecule has 1 aromatic heterocycles. The minimum Gasteiger partial charge on any atom is -0.355 e. The van der Waals surface area contributed by atoms with Gasteiger partial charge in [-0.3, -0.25) is 4.79 Å². The highest BCUT2D eigenvalue weighted by atomic mass is 19.2. The fraction of sp³-hybridized carbons (Fsp3) is 0.308. The van der Waals surface area contributed by atoms with Gasteiger partial charge in [0.25, 0.3) is 0 Å². The van der Waals surface area contributed by atoms with Gasteiger partial charge in [-0.1, -0.05) is 0 Å². The normalized spacial score (nSPS) is 15.8. The van der Waals surface area contributed by atoms with Crippen LogP contribution in [0.15, 0.2) is 6.07 Å². The molecular weight excluding hydrogens is 243 g/mol. The molecule has 1 N–H and O–H groups in total. The van der Waals surface area contributed by atoms with E-state index in [2.05, 4.69) is 4.98 Å². The maximum absolute atomic E-state index is 13.8. The van der Waals surface area contributed by atoms with Gasteiger partial charge in [0, 0.05) is 23.7 Å². The summed E-state index contributed by atoms with van der Waals surface area (Å²) in [6, 6.07) is 0.498. The number of aryl methyl sites for hydroxylation is 1. The molecule has 0 saturated heterocycles. The van der Waals surface area contributed by atoms with Crippen molar-refractivity contribution in [2.24, 2.45) is 0 Å². The summed E-state index contributed by atoms with van der Waals surface area (Å²) in [6.07, 6.45) is 2.33. The molecule has 1 aliphatic carbocycles. The number of Topliss-reactive ketones (excluding diaryl/α,β-unsaturated/α-hetero) is 1. The number of rotatable bonds is 0. The number of hydrogen-bond donors (Lipinski definition) is 1. The average Bonchev–Trinajstić information content (AvgIpc) is 2.63. The van der Waals surface area contributed by atoms with E-state index < -0.39 is 17.5 Å². The number of H-pyrrole nitrogens is 1. The lowest BCUT2D eigenvalue weighted by Gasteiger charge is -2.00. The lowest BCUT2D eigenvalue weighted by atomic mass is 10.0. The van der Waals surface area contributed by atoms with Crippen molar-refractivity contribution < 1.29 is 18.0 Å². The third-order valence-corrected chi connectivity index (χ3v) is 3.36. The average molecular weight is 253 g/mol. The Balaban J connectivity index is 2.43. The third-order valence-electron chi connectivity index (χ3n) is 3.36. The molecule has 0 fully saturated rings. The van der Waals surface area contributed by atoms with E-state index in [-0.39, 0.29) is 28.7 Å². The molecule has 3 rings (SSSR count). The maximum atomic E-state index is 13.8. The number of aromatic amines is 1. The van der Waals surface area contributed by atoms with Crippen LogP contribution in [0.4, 0.5) is 13.2 Å². The highest BCUT2D eigenvalue weighted by Gasteiger charge is 2.26. The zero-order valence-corrected chi connectivity index (χ0v) is 9.45. The van der Waals surface area contributed by atoms with Crippen LogP contribution in [0.5, 0.6) is 0 Å². The van der Waals surface area contributed by atoms with Crippen LogP contribution < -0.4 is 0 Å². The fourth-order valence-corrected chi connectivity index (χ4v) is 2.52. The summed E-state index contributed by atoms with van der Waals surface area (Å²) in [4.78, 5) is 14.6. The summed E-state index contributed by atoms with van der Waals surface area (Å²) in [5.74, 6) is -3.54. The highest BCUT2D eigenvalue weighted by Crippen LogP contribution is 2.32. The van der Waals surface area contributed by atoms with Crippen molar-refractivity contribution in [3.63, 3.8) is 0 Å². The van der Waals surface area contributed by atoms with Crippen molar-refractivity contribution in [1.82, 2.24) is 4.98 Å². The van der Waals surface area contributed by atoms with E-state index in [1.165, 1.54) is 0 Å². The zero-order chi connectivity index (χ0) is 12.9. The minimum atomic E-state index is -1.26. The molecule has 2 nitrogen and oxygen atoms in total. The summed E-state index contributed by atoms with van der Waals surface area (Å²) < 4.78 is 40.6. The number of ketones is 1. The monoisotopic (exact) mass is 253 g/mol. The van der Waals surface area contributed by atoms with Gasteiger partial charge in [0.2, 0.25) is 0 Å². The van der Waals surface area contributed by atoms with E-state index >= 15 is 0 Å². The maximum Gasteiger partial charge on any atom is 0.169 e. The Hall–Kier alpha value is -1.78. The van der Waals surface area contributed by atoms with Crippen LogP contribution >= 0.6 is 0 Å². The van der Waals surface area contributed by atoms with Crippen LogP contribution in [0.1, 0.15) is 35.3 Å². The first-order chi connectivity index (χ1) is 8.59. The van der Waals surface area contributed by atoms with E-state index in [0.29, 0.717) is 24.6 Å². The van der Waals surface area contributed by atoms with Crippen LogP contribution in [0.3, 0.4) is 0 Å². The Morgan fingerprint density at radius 1 is 1.06 bits per heavy atom. The molecule has 1 heterocycles. The number of carbonyl (C=O) groups is 1. The first-order valence-electron chi connectivity index (χ1n) is 5.81. The second-order valence-electron chi connectivity index (χ2n) is 4.51. The standard InChI is InChI=1S/C13H10F3NO/c14-6-5-7(15)13-11(12(6)16)10-8(17-13)3-1-2-4-9(10)18/h5,17H,1-4H2. The third kappa shape index (κ3) is 1.46. The molecule has 0 radical (unpaired) electrons. The van der Waals surface area contributed by atoms with E-state index in [9.17, 15) is 18.0 Å². The van der Waals surface area contributed by atoms with Gasteiger partial charge in [-0.05, 0) is 19.3 Å². The molecule has 18 heavy (non-hydrogen) atoms. The second kappa shape index (κ2) is 3.86. The van der Waals surface area contributed by atoms with Crippen molar-refractivity contribution in [3.8, 4) is 0 Å². The Morgan fingerprint density at radius 2 is 1.78 bits per heavy atom. The molecule has 5 heteroatoms.